The Morgan fingerprint density at radius 2 is 1.15 bits per heavy atom. The largest absolute Gasteiger partial charge is 0.355 e. The zero-order chi connectivity index (χ0) is 22.5. The zero-order valence-electron chi connectivity index (χ0n) is 18.9. The van der Waals surface area contributed by atoms with Gasteiger partial charge in [-0.25, -0.2) is 9.97 Å². The molecule has 2 aliphatic heterocycles. The summed E-state index contributed by atoms with van der Waals surface area (Å²) in [4.78, 5) is 16.6. The highest BCUT2D eigenvalue weighted by molar-refractivity contribution is 5.89. The van der Waals surface area contributed by atoms with Crippen LogP contribution in [0, 0.1) is 20.8 Å². The minimum absolute atomic E-state index is 0.905. The molecular formula is C29H24N4. The Kier molecular flexibility index (Phi) is 4.40. The van der Waals surface area contributed by atoms with Crippen molar-refractivity contribution in [2.75, 3.05) is 0 Å². The van der Waals surface area contributed by atoms with Crippen LogP contribution < -0.4 is 0 Å². The van der Waals surface area contributed by atoms with Gasteiger partial charge in [-0.15, -0.1) is 0 Å². The fourth-order valence-corrected chi connectivity index (χ4v) is 4.49. The fraction of sp³-hybridized carbons (Fsp3) is 0.103. The van der Waals surface area contributed by atoms with E-state index in [9.17, 15) is 0 Å². The Morgan fingerprint density at radius 1 is 0.515 bits per heavy atom. The van der Waals surface area contributed by atoms with E-state index < -0.39 is 0 Å². The van der Waals surface area contributed by atoms with E-state index in [0.717, 1.165) is 44.8 Å². The molecule has 5 heterocycles. The number of aryl methyl sites for hydroxylation is 1. The van der Waals surface area contributed by atoms with Crippen LogP contribution in [-0.2, 0) is 0 Å². The second-order valence-electron chi connectivity index (χ2n) is 8.77. The molecule has 6 rings (SSSR count). The molecule has 33 heavy (non-hydrogen) atoms. The average Bonchev–Trinajstić information content (AvgIpc) is 3.58. The van der Waals surface area contributed by atoms with Gasteiger partial charge in [-0.2, -0.15) is 0 Å². The van der Waals surface area contributed by atoms with Crippen LogP contribution >= 0.6 is 0 Å². The molecule has 3 aromatic heterocycles. The molecule has 8 bridgehead atoms. The number of nitrogens with zero attached hydrogens (tertiary/aromatic N) is 2. The topological polar surface area (TPSA) is 57.4 Å². The van der Waals surface area contributed by atoms with E-state index in [2.05, 4.69) is 85.3 Å². The van der Waals surface area contributed by atoms with Crippen molar-refractivity contribution in [2.45, 2.75) is 20.8 Å². The standard InChI is InChI=1S/C29H24N4/c1-17-4-11-27(19(3)18(17)2)28-15-26-14-24-8-7-22(31-24)12-20-5-6-21(30-20)13-23-9-10-25(32-23)16-29(28)33-26/h4-16,31,33H,1-3H3. The third-order valence-corrected chi connectivity index (χ3v) is 6.52. The van der Waals surface area contributed by atoms with Crippen molar-refractivity contribution in [1.82, 2.24) is 19.9 Å². The van der Waals surface area contributed by atoms with E-state index in [1.54, 1.807) is 0 Å². The number of nitrogens with one attached hydrogen (secondary N) is 2. The number of hydrogen-bond acceptors (Lipinski definition) is 2. The lowest BCUT2D eigenvalue weighted by Crippen LogP contribution is -1.90. The van der Waals surface area contributed by atoms with Crippen LogP contribution in [0.3, 0.4) is 0 Å². The molecule has 0 radical (unpaired) electrons. The van der Waals surface area contributed by atoms with E-state index in [-0.39, 0.29) is 0 Å². The lowest BCUT2D eigenvalue weighted by atomic mass is 9.94. The molecule has 0 saturated carbocycles. The number of benzene rings is 1. The summed E-state index contributed by atoms with van der Waals surface area (Å²) in [5, 5.41) is 0. The second-order valence-corrected chi connectivity index (χ2v) is 8.77. The predicted octanol–water partition coefficient (Wildman–Crippen LogP) is 7.25. The molecule has 4 heteroatoms. The van der Waals surface area contributed by atoms with Crippen molar-refractivity contribution < 1.29 is 0 Å². The first-order valence-corrected chi connectivity index (χ1v) is 11.2. The summed E-state index contributed by atoms with van der Waals surface area (Å²) >= 11 is 0. The molecule has 2 N–H and O–H groups in total. The molecule has 0 saturated heterocycles. The zero-order valence-corrected chi connectivity index (χ0v) is 18.9. The van der Waals surface area contributed by atoms with Gasteiger partial charge in [0.25, 0.3) is 0 Å². The maximum atomic E-state index is 4.81. The van der Waals surface area contributed by atoms with Crippen LogP contribution in [-0.4, -0.2) is 19.9 Å². The maximum Gasteiger partial charge on any atom is 0.0659 e. The highest BCUT2D eigenvalue weighted by Crippen LogP contribution is 2.32. The second kappa shape index (κ2) is 7.45. The third kappa shape index (κ3) is 3.60. The number of hydrogen-bond donors (Lipinski definition) is 2. The molecule has 4 nitrogen and oxygen atoms in total. The van der Waals surface area contributed by atoms with E-state index >= 15 is 0 Å². The van der Waals surface area contributed by atoms with Crippen molar-refractivity contribution in [3.63, 3.8) is 0 Å². The summed E-state index contributed by atoms with van der Waals surface area (Å²) in [7, 11) is 0. The van der Waals surface area contributed by atoms with Gasteiger partial charge in [-0.05, 0) is 110 Å². The Labute approximate surface area is 192 Å². The monoisotopic (exact) mass is 428 g/mol. The molecule has 0 aliphatic carbocycles. The van der Waals surface area contributed by atoms with Crippen LogP contribution in [0.25, 0.3) is 57.5 Å². The van der Waals surface area contributed by atoms with Gasteiger partial charge >= 0.3 is 0 Å². The SMILES string of the molecule is Cc1ccc(-c2cc3cc4ccc(cc5nc(cc6nc(cc2[nH]3)C=C6)C=C5)[nH]4)c(C)c1C. The molecule has 0 amide bonds. The van der Waals surface area contributed by atoms with Gasteiger partial charge in [0.15, 0.2) is 0 Å². The van der Waals surface area contributed by atoms with Gasteiger partial charge in [-0.3, -0.25) is 0 Å². The van der Waals surface area contributed by atoms with Crippen LogP contribution in [0.2, 0.25) is 0 Å². The molecule has 160 valence electrons. The van der Waals surface area contributed by atoms with E-state index in [1.165, 1.54) is 27.8 Å². The molecule has 0 fully saturated rings. The van der Waals surface area contributed by atoms with Crippen molar-refractivity contribution in [1.29, 1.82) is 0 Å². The fourth-order valence-electron chi connectivity index (χ4n) is 4.49. The number of rotatable bonds is 1. The molecular weight excluding hydrogens is 404 g/mol. The smallest absolute Gasteiger partial charge is 0.0659 e. The van der Waals surface area contributed by atoms with Crippen LogP contribution in [0.4, 0.5) is 0 Å². The Bertz CT molecular complexity index is 1640. The molecule has 0 unspecified atom stereocenters. The normalized spacial score (nSPS) is 12.5. The quantitative estimate of drug-likeness (QED) is 0.290. The average molecular weight is 429 g/mol. The lowest BCUT2D eigenvalue weighted by molar-refractivity contribution is 1.27. The first-order chi connectivity index (χ1) is 16.0. The summed E-state index contributed by atoms with van der Waals surface area (Å²) in [6, 6.07) is 19.2. The highest BCUT2D eigenvalue weighted by Gasteiger charge is 2.11. The summed E-state index contributed by atoms with van der Waals surface area (Å²) in [5.41, 5.74) is 14.2. The van der Waals surface area contributed by atoms with Gasteiger partial charge < -0.3 is 9.97 Å². The predicted molar refractivity (Wildman–Crippen MR) is 139 cm³/mol. The third-order valence-electron chi connectivity index (χ3n) is 6.52. The lowest BCUT2D eigenvalue weighted by Gasteiger charge is -2.10. The molecule has 0 atom stereocenters. The summed E-state index contributed by atoms with van der Waals surface area (Å²) in [6.45, 7) is 6.56. The Hall–Kier alpha value is -4.18. The van der Waals surface area contributed by atoms with Crippen LogP contribution in [0.15, 0.2) is 54.6 Å². The maximum absolute atomic E-state index is 4.81. The van der Waals surface area contributed by atoms with Gasteiger partial charge in [0.05, 0.1) is 22.8 Å². The Balaban J connectivity index is 1.68. The summed E-state index contributed by atoms with van der Waals surface area (Å²) < 4.78 is 0. The number of fused-ring (bicyclic) bond motifs is 8. The van der Waals surface area contributed by atoms with Gasteiger partial charge in [0.1, 0.15) is 0 Å². The van der Waals surface area contributed by atoms with Gasteiger partial charge in [-0.1, -0.05) is 12.1 Å². The van der Waals surface area contributed by atoms with Crippen molar-refractivity contribution in [2.24, 2.45) is 0 Å². The Morgan fingerprint density at radius 3 is 1.88 bits per heavy atom. The number of aromatic amines is 2. The van der Waals surface area contributed by atoms with E-state index in [1.807, 2.05) is 24.3 Å². The minimum atomic E-state index is 0.905. The molecule has 2 aliphatic rings. The van der Waals surface area contributed by atoms with Crippen LogP contribution in [0.1, 0.15) is 39.5 Å². The van der Waals surface area contributed by atoms with E-state index in [0.29, 0.717) is 0 Å². The van der Waals surface area contributed by atoms with Crippen LogP contribution in [0.5, 0.6) is 0 Å². The number of H-pyrrole nitrogens is 2. The van der Waals surface area contributed by atoms with Crippen molar-refractivity contribution in [3.8, 4) is 11.1 Å². The highest BCUT2D eigenvalue weighted by atomic mass is 14.8. The minimum Gasteiger partial charge on any atom is -0.355 e. The molecule has 0 spiro atoms. The van der Waals surface area contributed by atoms with Gasteiger partial charge in [0, 0.05) is 27.6 Å². The first-order valence-electron chi connectivity index (χ1n) is 11.2. The van der Waals surface area contributed by atoms with Gasteiger partial charge in [0.2, 0.25) is 0 Å². The van der Waals surface area contributed by atoms with E-state index in [4.69, 9.17) is 9.97 Å². The number of aromatic nitrogens is 4. The molecule has 4 aromatic rings. The first kappa shape index (κ1) is 19.5. The summed E-state index contributed by atoms with van der Waals surface area (Å²) in [6.07, 6.45) is 8.14. The van der Waals surface area contributed by atoms with Crippen molar-refractivity contribution >= 4 is 46.4 Å². The summed E-state index contributed by atoms with van der Waals surface area (Å²) in [5.74, 6) is 0. The van der Waals surface area contributed by atoms with Crippen molar-refractivity contribution in [3.05, 3.63) is 94.1 Å². The molecule has 1 aromatic carbocycles.